The molecule has 6 heteroatoms. The molecule has 0 saturated heterocycles. The average Bonchev–Trinajstić information content (AvgIpc) is 2.25. The Kier molecular flexibility index (Phi) is 2.32. The number of fused-ring (bicyclic) bond motifs is 1. The lowest BCUT2D eigenvalue weighted by molar-refractivity contribution is -0.138. The third-order valence-corrected chi connectivity index (χ3v) is 2.54. The highest BCUT2D eigenvalue weighted by Crippen LogP contribution is 2.37. The molecule has 0 radical (unpaired) electrons. The summed E-state index contributed by atoms with van der Waals surface area (Å²) in [4.78, 5) is 22.7. The normalized spacial score (nSPS) is 17.4. The number of rotatable bonds is 1. The number of amides is 2. The molecule has 0 spiro atoms. The lowest BCUT2D eigenvalue weighted by Crippen LogP contribution is -2.51. The van der Waals surface area contributed by atoms with Crippen molar-refractivity contribution in [3.8, 4) is 5.75 Å². The monoisotopic (exact) mass is 236 g/mol. The fourth-order valence-electron chi connectivity index (χ4n) is 1.61. The second-order valence-corrected chi connectivity index (χ2v) is 4.28. The molecule has 0 atom stereocenters. The van der Waals surface area contributed by atoms with Crippen LogP contribution in [0.2, 0.25) is 0 Å². The molecule has 1 heterocycles. The molecule has 1 aliphatic heterocycles. The third-order valence-electron chi connectivity index (χ3n) is 2.54. The van der Waals surface area contributed by atoms with Crippen LogP contribution < -0.4 is 15.5 Å². The molecule has 0 fully saturated rings. The first-order chi connectivity index (χ1) is 7.83. The molecule has 0 saturated carbocycles. The van der Waals surface area contributed by atoms with Gasteiger partial charge in [0.25, 0.3) is 5.91 Å². The number of hydroxylamine groups is 1. The van der Waals surface area contributed by atoms with Crippen molar-refractivity contribution in [1.29, 1.82) is 0 Å². The number of nitrogens with two attached hydrogens (primary N) is 1. The standard InChI is InChI=1S/C11H12N2O4/c1-11(2)10(15)13(16)7-5-6(9(12)14)3-4-8(7)17-11/h3-5,16H,1-2H3,(H2,12,14). The summed E-state index contributed by atoms with van der Waals surface area (Å²) in [6.07, 6.45) is 0. The molecular weight excluding hydrogens is 224 g/mol. The van der Waals surface area contributed by atoms with Crippen LogP contribution in [0.4, 0.5) is 5.69 Å². The molecule has 1 aromatic carbocycles. The van der Waals surface area contributed by atoms with Gasteiger partial charge in [-0.1, -0.05) is 0 Å². The van der Waals surface area contributed by atoms with Gasteiger partial charge in [0.05, 0.1) is 0 Å². The largest absolute Gasteiger partial charge is 0.476 e. The fourth-order valence-corrected chi connectivity index (χ4v) is 1.61. The lowest BCUT2D eigenvalue weighted by atomic mass is 10.0. The first-order valence-corrected chi connectivity index (χ1v) is 4.99. The molecule has 1 aliphatic rings. The number of primary amides is 1. The van der Waals surface area contributed by atoms with Gasteiger partial charge < -0.3 is 10.5 Å². The summed E-state index contributed by atoms with van der Waals surface area (Å²) in [6.45, 7) is 3.09. The number of hydrogen-bond donors (Lipinski definition) is 2. The number of carbonyl (C=O) groups is 2. The van der Waals surface area contributed by atoms with E-state index in [2.05, 4.69) is 0 Å². The lowest BCUT2D eigenvalue weighted by Gasteiger charge is -2.35. The van der Waals surface area contributed by atoms with E-state index in [4.69, 9.17) is 10.5 Å². The summed E-state index contributed by atoms with van der Waals surface area (Å²) in [5.74, 6) is -0.924. The Hall–Kier alpha value is -2.08. The first-order valence-electron chi connectivity index (χ1n) is 4.99. The van der Waals surface area contributed by atoms with Crippen LogP contribution in [0.3, 0.4) is 0 Å². The van der Waals surface area contributed by atoms with E-state index in [1.165, 1.54) is 18.2 Å². The number of nitrogens with zero attached hydrogens (tertiary/aromatic N) is 1. The molecular formula is C11H12N2O4. The van der Waals surface area contributed by atoms with Crippen LogP contribution in [0.15, 0.2) is 18.2 Å². The highest BCUT2D eigenvalue weighted by Gasteiger charge is 2.40. The van der Waals surface area contributed by atoms with Gasteiger partial charge >= 0.3 is 0 Å². The molecule has 17 heavy (non-hydrogen) atoms. The SMILES string of the molecule is CC1(C)Oc2ccc(C(N)=O)cc2N(O)C1=O. The Balaban J connectivity index is 2.54. The second-order valence-electron chi connectivity index (χ2n) is 4.28. The summed E-state index contributed by atoms with van der Waals surface area (Å²) in [6, 6.07) is 4.28. The predicted octanol–water partition coefficient (Wildman–Crippen LogP) is 0.679. The predicted molar refractivity (Wildman–Crippen MR) is 58.9 cm³/mol. The average molecular weight is 236 g/mol. The number of benzene rings is 1. The van der Waals surface area contributed by atoms with Crippen LogP contribution in [0, 0.1) is 0 Å². The number of ether oxygens (including phenoxy) is 1. The topological polar surface area (TPSA) is 92.9 Å². The second kappa shape index (κ2) is 3.46. The van der Waals surface area contributed by atoms with Crippen molar-refractivity contribution in [2.45, 2.75) is 19.4 Å². The van der Waals surface area contributed by atoms with Crippen molar-refractivity contribution in [3.05, 3.63) is 23.8 Å². The quantitative estimate of drug-likeness (QED) is 0.701. The van der Waals surface area contributed by atoms with Crippen molar-refractivity contribution >= 4 is 17.5 Å². The maximum absolute atomic E-state index is 11.7. The maximum atomic E-state index is 11.7. The van der Waals surface area contributed by atoms with Gasteiger partial charge in [-0.2, -0.15) is 5.06 Å². The molecule has 0 bridgehead atoms. The number of hydrogen-bond acceptors (Lipinski definition) is 4. The van der Waals surface area contributed by atoms with E-state index < -0.39 is 17.4 Å². The Morgan fingerprint density at radius 1 is 1.47 bits per heavy atom. The number of anilines is 1. The van der Waals surface area contributed by atoms with E-state index in [9.17, 15) is 14.8 Å². The van der Waals surface area contributed by atoms with Crippen LogP contribution in [0.25, 0.3) is 0 Å². The highest BCUT2D eigenvalue weighted by molar-refractivity contribution is 6.02. The van der Waals surface area contributed by atoms with Crippen LogP contribution in [-0.2, 0) is 4.79 Å². The Labute approximate surface area is 97.5 Å². The molecule has 0 aromatic heterocycles. The fraction of sp³-hybridized carbons (Fsp3) is 0.273. The zero-order valence-electron chi connectivity index (χ0n) is 9.43. The van der Waals surface area contributed by atoms with Gasteiger partial charge in [0.2, 0.25) is 5.91 Å². The van der Waals surface area contributed by atoms with Crippen molar-refractivity contribution < 1.29 is 19.5 Å². The van der Waals surface area contributed by atoms with E-state index in [1.807, 2.05) is 0 Å². The smallest absolute Gasteiger partial charge is 0.294 e. The minimum Gasteiger partial charge on any atom is -0.476 e. The Morgan fingerprint density at radius 3 is 2.71 bits per heavy atom. The van der Waals surface area contributed by atoms with Crippen LogP contribution in [0.5, 0.6) is 5.75 Å². The molecule has 1 aromatic rings. The first kappa shape index (κ1) is 11.4. The maximum Gasteiger partial charge on any atom is 0.294 e. The molecule has 2 rings (SSSR count). The van der Waals surface area contributed by atoms with Crippen molar-refractivity contribution in [2.24, 2.45) is 5.73 Å². The van der Waals surface area contributed by atoms with E-state index in [1.54, 1.807) is 13.8 Å². The zero-order valence-corrected chi connectivity index (χ0v) is 9.43. The molecule has 2 amide bonds. The van der Waals surface area contributed by atoms with Crippen LogP contribution in [-0.4, -0.2) is 22.6 Å². The minimum absolute atomic E-state index is 0.116. The minimum atomic E-state index is -1.14. The number of carbonyl (C=O) groups excluding carboxylic acids is 2. The van der Waals surface area contributed by atoms with Crippen LogP contribution >= 0.6 is 0 Å². The Bertz CT molecular complexity index is 510. The summed E-state index contributed by atoms with van der Waals surface area (Å²) in [5.41, 5.74) is 4.28. The van der Waals surface area contributed by atoms with Crippen molar-refractivity contribution in [3.63, 3.8) is 0 Å². The van der Waals surface area contributed by atoms with Crippen molar-refractivity contribution in [2.75, 3.05) is 5.06 Å². The van der Waals surface area contributed by atoms with E-state index in [0.717, 1.165) is 0 Å². The van der Waals surface area contributed by atoms with Gasteiger partial charge in [-0.15, -0.1) is 0 Å². The van der Waals surface area contributed by atoms with Crippen LogP contribution in [0.1, 0.15) is 24.2 Å². The van der Waals surface area contributed by atoms with Gasteiger partial charge in [0, 0.05) is 5.56 Å². The summed E-state index contributed by atoms with van der Waals surface area (Å²) in [7, 11) is 0. The van der Waals surface area contributed by atoms with Crippen molar-refractivity contribution in [1.82, 2.24) is 0 Å². The van der Waals surface area contributed by atoms with E-state index in [0.29, 0.717) is 10.8 Å². The zero-order chi connectivity index (χ0) is 12.8. The van der Waals surface area contributed by atoms with Gasteiger partial charge in [-0.05, 0) is 32.0 Å². The summed E-state index contributed by atoms with van der Waals surface area (Å²) >= 11 is 0. The summed E-state index contributed by atoms with van der Waals surface area (Å²) in [5, 5.41) is 10.2. The van der Waals surface area contributed by atoms with Gasteiger partial charge in [-0.25, -0.2) is 0 Å². The molecule has 3 N–H and O–H groups in total. The molecule has 90 valence electrons. The molecule has 0 unspecified atom stereocenters. The highest BCUT2D eigenvalue weighted by atomic mass is 16.6. The molecule has 0 aliphatic carbocycles. The van der Waals surface area contributed by atoms with E-state index in [-0.39, 0.29) is 11.3 Å². The van der Waals surface area contributed by atoms with Gasteiger partial charge in [0.1, 0.15) is 11.4 Å². The summed E-state index contributed by atoms with van der Waals surface area (Å²) < 4.78 is 5.43. The molecule has 6 nitrogen and oxygen atoms in total. The van der Waals surface area contributed by atoms with E-state index >= 15 is 0 Å². The van der Waals surface area contributed by atoms with Gasteiger partial charge in [-0.3, -0.25) is 14.8 Å². The third kappa shape index (κ3) is 1.72. The van der Waals surface area contributed by atoms with Gasteiger partial charge in [0.15, 0.2) is 5.60 Å². The Morgan fingerprint density at radius 2 is 2.12 bits per heavy atom.